The summed E-state index contributed by atoms with van der Waals surface area (Å²) in [5.41, 5.74) is 1.93. The van der Waals surface area contributed by atoms with Crippen LogP contribution in [0.3, 0.4) is 0 Å². The largest absolute Gasteiger partial charge is 0.484 e. The van der Waals surface area contributed by atoms with Gasteiger partial charge in [-0.3, -0.25) is 9.59 Å². The van der Waals surface area contributed by atoms with E-state index in [2.05, 4.69) is 26.1 Å². The van der Waals surface area contributed by atoms with Crippen LogP contribution in [0.1, 0.15) is 38.8 Å². The van der Waals surface area contributed by atoms with Crippen molar-refractivity contribution in [2.24, 2.45) is 0 Å². The normalized spacial score (nSPS) is 12.2. The number of likely N-dealkylation sites (N-methyl/N-ethyl adjacent to an activating group) is 1. The van der Waals surface area contributed by atoms with Gasteiger partial charge in [0.15, 0.2) is 6.61 Å². The number of hydrogen-bond acceptors (Lipinski definition) is 3. The number of amides is 2. The summed E-state index contributed by atoms with van der Waals surface area (Å²) < 4.78 is 18.8. The van der Waals surface area contributed by atoms with Crippen molar-refractivity contribution in [2.75, 3.05) is 13.7 Å². The van der Waals surface area contributed by atoms with Gasteiger partial charge >= 0.3 is 0 Å². The summed E-state index contributed by atoms with van der Waals surface area (Å²) in [4.78, 5) is 26.4. The van der Waals surface area contributed by atoms with Gasteiger partial charge in [0.1, 0.15) is 17.6 Å². The molecule has 0 saturated carbocycles. The van der Waals surface area contributed by atoms with Gasteiger partial charge in [0.25, 0.3) is 5.91 Å². The molecule has 6 heteroatoms. The van der Waals surface area contributed by atoms with Crippen molar-refractivity contribution in [3.05, 3.63) is 65.5 Å². The first kappa shape index (κ1) is 22.4. The molecule has 0 heterocycles. The van der Waals surface area contributed by atoms with Gasteiger partial charge in [-0.2, -0.15) is 0 Å². The molecule has 0 bridgehead atoms. The Balaban J connectivity index is 2.10. The van der Waals surface area contributed by atoms with Gasteiger partial charge in [0.05, 0.1) is 0 Å². The number of nitrogens with one attached hydrogen (secondary N) is 1. The molecule has 0 aliphatic rings. The van der Waals surface area contributed by atoms with E-state index in [1.807, 2.05) is 24.3 Å². The first-order valence-electron chi connectivity index (χ1n) is 9.60. The van der Waals surface area contributed by atoms with Crippen LogP contribution in [0.4, 0.5) is 4.39 Å². The highest BCUT2D eigenvalue weighted by atomic mass is 19.1. The highest BCUT2D eigenvalue weighted by molar-refractivity contribution is 5.87. The zero-order valence-corrected chi connectivity index (χ0v) is 17.7. The Morgan fingerprint density at radius 3 is 2.17 bits per heavy atom. The lowest BCUT2D eigenvalue weighted by atomic mass is 9.87. The van der Waals surface area contributed by atoms with Crippen molar-refractivity contribution < 1.29 is 18.7 Å². The zero-order valence-electron chi connectivity index (χ0n) is 17.7. The molecule has 2 amide bonds. The average Bonchev–Trinajstić information content (AvgIpc) is 2.70. The Kier molecular flexibility index (Phi) is 7.37. The molecular formula is C23H29FN2O3. The first-order chi connectivity index (χ1) is 13.6. The van der Waals surface area contributed by atoms with E-state index in [1.54, 1.807) is 19.1 Å². The smallest absolute Gasteiger partial charge is 0.261 e. The van der Waals surface area contributed by atoms with E-state index in [0.29, 0.717) is 5.75 Å². The van der Waals surface area contributed by atoms with E-state index in [9.17, 15) is 14.0 Å². The molecule has 0 aliphatic carbocycles. The Hall–Kier alpha value is -2.89. The third-order valence-corrected chi connectivity index (χ3v) is 4.76. The summed E-state index contributed by atoms with van der Waals surface area (Å²) >= 11 is 0. The number of benzene rings is 2. The average molecular weight is 400 g/mol. The number of halogens is 1. The van der Waals surface area contributed by atoms with E-state index in [-0.39, 0.29) is 36.2 Å². The Bertz CT molecular complexity index is 827. The van der Waals surface area contributed by atoms with Gasteiger partial charge < -0.3 is 15.0 Å². The lowest BCUT2D eigenvalue weighted by Crippen LogP contribution is -2.48. The van der Waals surface area contributed by atoms with E-state index >= 15 is 0 Å². The molecule has 1 N–H and O–H groups in total. The molecule has 0 saturated heterocycles. The van der Waals surface area contributed by atoms with Gasteiger partial charge in [-0.15, -0.1) is 0 Å². The SMILES string of the molecule is CNC(=O)C(C)N(Cc1ccc(F)cc1)C(=O)COc1ccc(C(C)(C)C)cc1. The van der Waals surface area contributed by atoms with Crippen LogP contribution in [-0.4, -0.2) is 36.4 Å². The van der Waals surface area contributed by atoms with Crippen LogP contribution in [0.2, 0.25) is 0 Å². The molecule has 2 aromatic rings. The number of nitrogens with zero attached hydrogens (tertiary/aromatic N) is 1. The van der Waals surface area contributed by atoms with Gasteiger partial charge in [-0.05, 0) is 47.7 Å². The maximum atomic E-state index is 13.2. The molecule has 156 valence electrons. The van der Waals surface area contributed by atoms with Crippen LogP contribution in [0, 0.1) is 5.82 Å². The van der Waals surface area contributed by atoms with Crippen molar-refractivity contribution in [3.8, 4) is 5.75 Å². The molecule has 5 nitrogen and oxygen atoms in total. The molecule has 1 atom stereocenters. The second-order valence-electron chi connectivity index (χ2n) is 8.00. The monoisotopic (exact) mass is 400 g/mol. The summed E-state index contributed by atoms with van der Waals surface area (Å²) in [6.07, 6.45) is 0. The number of rotatable bonds is 7. The van der Waals surface area contributed by atoms with Crippen LogP contribution in [0.5, 0.6) is 5.75 Å². The molecule has 1 unspecified atom stereocenters. The van der Waals surface area contributed by atoms with Crippen LogP contribution in [0.25, 0.3) is 0 Å². The standard InChI is InChI=1S/C23H29FN2O3/c1-16(22(28)25-5)26(14-17-6-10-19(24)11-7-17)21(27)15-29-20-12-8-18(9-13-20)23(2,3)4/h6-13,16H,14-15H2,1-5H3,(H,25,28). The van der Waals surface area contributed by atoms with E-state index in [1.165, 1.54) is 29.6 Å². The van der Waals surface area contributed by atoms with Crippen molar-refractivity contribution in [1.82, 2.24) is 10.2 Å². The summed E-state index contributed by atoms with van der Waals surface area (Å²) in [7, 11) is 1.52. The lowest BCUT2D eigenvalue weighted by molar-refractivity contribution is -0.142. The minimum Gasteiger partial charge on any atom is -0.484 e. The Morgan fingerprint density at radius 1 is 1.07 bits per heavy atom. The van der Waals surface area contributed by atoms with Gasteiger partial charge in [-0.25, -0.2) is 4.39 Å². The molecule has 0 radical (unpaired) electrons. The molecule has 0 fully saturated rings. The fourth-order valence-electron chi connectivity index (χ4n) is 2.86. The summed E-state index contributed by atoms with van der Waals surface area (Å²) in [6.45, 7) is 8.01. The predicted octanol–water partition coefficient (Wildman–Crippen LogP) is 3.67. The third kappa shape index (κ3) is 6.31. The fraction of sp³-hybridized carbons (Fsp3) is 0.391. The van der Waals surface area contributed by atoms with Crippen molar-refractivity contribution in [1.29, 1.82) is 0 Å². The third-order valence-electron chi connectivity index (χ3n) is 4.76. The van der Waals surface area contributed by atoms with E-state index in [4.69, 9.17) is 4.74 Å². The van der Waals surface area contributed by atoms with Crippen molar-refractivity contribution >= 4 is 11.8 Å². The van der Waals surface area contributed by atoms with Crippen molar-refractivity contribution in [2.45, 2.75) is 45.7 Å². The van der Waals surface area contributed by atoms with Crippen LogP contribution >= 0.6 is 0 Å². The van der Waals surface area contributed by atoms with Crippen molar-refractivity contribution in [3.63, 3.8) is 0 Å². The fourth-order valence-corrected chi connectivity index (χ4v) is 2.86. The highest BCUT2D eigenvalue weighted by Gasteiger charge is 2.26. The second kappa shape index (κ2) is 9.54. The topological polar surface area (TPSA) is 58.6 Å². The summed E-state index contributed by atoms with van der Waals surface area (Å²) in [5, 5.41) is 2.56. The molecule has 0 aliphatic heterocycles. The molecule has 0 spiro atoms. The Labute approximate surface area is 171 Å². The molecule has 29 heavy (non-hydrogen) atoms. The summed E-state index contributed by atoms with van der Waals surface area (Å²) in [5.74, 6) is -0.381. The van der Waals surface area contributed by atoms with Crippen LogP contribution in [0.15, 0.2) is 48.5 Å². The molecular weight excluding hydrogens is 371 g/mol. The maximum Gasteiger partial charge on any atom is 0.261 e. The first-order valence-corrected chi connectivity index (χ1v) is 9.60. The maximum absolute atomic E-state index is 13.2. The van der Waals surface area contributed by atoms with Gasteiger partial charge in [0.2, 0.25) is 5.91 Å². The second-order valence-corrected chi connectivity index (χ2v) is 8.00. The summed E-state index contributed by atoms with van der Waals surface area (Å²) in [6, 6.07) is 12.8. The number of ether oxygens (including phenoxy) is 1. The molecule has 2 aromatic carbocycles. The predicted molar refractivity (Wildman–Crippen MR) is 111 cm³/mol. The van der Waals surface area contributed by atoms with Crippen LogP contribution < -0.4 is 10.1 Å². The van der Waals surface area contributed by atoms with E-state index in [0.717, 1.165) is 5.56 Å². The quantitative estimate of drug-likeness (QED) is 0.772. The van der Waals surface area contributed by atoms with Gasteiger partial charge in [-0.1, -0.05) is 45.0 Å². The number of carbonyl (C=O) groups excluding carboxylic acids is 2. The number of carbonyl (C=O) groups is 2. The minimum atomic E-state index is -0.690. The lowest BCUT2D eigenvalue weighted by Gasteiger charge is -2.28. The number of hydrogen-bond donors (Lipinski definition) is 1. The molecule has 0 aromatic heterocycles. The van der Waals surface area contributed by atoms with Crippen LogP contribution in [-0.2, 0) is 21.5 Å². The molecule has 2 rings (SSSR count). The minimum absolute atomic E-state index is 0.0310. The Morgan fingerprint density at radius 2 is 1.66 bits per heavy atom. The highest BCUT2D eigenvalue weighted by Crippen LogP contribution is 2.24. The van der Waals surface area contributed by atoms with Gasteiger partial charge in [0, 0.05) is 13.6 Å². The van der Waals surface area contributed by atoms with E-state index < -0.39 is 6.04 Å². The zero-order chi connectivity index (χ0) is 21.6.